The molecule has 2 heteroatoms. The maximum absolute atomic E-state index is 4.00. The second-order valence-electron chi connectivity index (χ2n) is 7.10. The fourth-order valence-electron chi connectivity index (χ4n) is 3.94. The van der Waals surface area contributed by atoms with Crippen LogP contribution in [0, 0.1) is 5.92 Å². The second-order valence-corrected chi connectivity index (χ2v) is 7.10. The quantitative estimate of drug-likeness (QED) is 0.882. The zero-order valence-electron chi connectivity index (χ0n) is 12.5. The van der Waals surface area contributed by atoms with Crippen LogP contribution in [-0.2, 0) is 0 Å². The Labute approximate surface area is 122 Å². The molecule has 1 aliphatic heterocycles. The van der Waals surface area contributed by atoms with Gasteiger partial charge >= 0.3 is 0 Å². The summed E-state index contributed by atoms with van der Waals surface area (Å²) in [6.45, 7) is 3.68. The Kier molecular flexibility index (Phi) is 3.31. The zero-order valence-corrected chi connectivity index (χ0v) is 12.5. The number of benzene rings is 1. The van der Waals surface area contributed by atoms with Crippen molar-refractivity contribution in [1.82, 2.24) is 10.2 Å². The van der Waals surface area contributed by atoms with E-state index in [1.165, 1.54) is 44.2 Å². The van der Waals surface area contributed by atoms with Crippen LogP contribution in [0.4, 0.5) is 0 Å². The Bertz CT molecular complexity index is 450. The molecule has 2 nitrogen and oxygen atoms in total. The molecule has 1 N–H and O–H groups in total. The summed E-state index contributed by atoms with van der Waals surface area (Å²) in [5.74, 6) is 0.877. The third kappa shape index (κ3) is 2.64. The smallest absolute Gasteiger partial charge is 0.0351 e. The molecule has 0 amide bonds. The Balaban J connectivity index is 1.44. The minimum Gasteiger partial charge on any atom is -0.306 e. The molecule has 1 aromatic carbocycles. The van der Waals surface area contributed by atoms with Crippen LogP contribution >= 0.6 is 0 Å². The molecule has 3 fully saturated rings. The summed E-state index contributed by atoms with van der Waals surface area (Å²) in [5, 5.41) is 4.00. The van der Waals surface area contributed by atoms with Crippen LogP contribution in [-0.4, -0.2) is 29.6 Å². The highest BCUT2D eigenvalue weighted by molar-refractivity contribution is 5.21. The van der Waals surface area contributed by atoms with Gasteiger partial charge in [-0.3, -0.25) is 4.90 Å². The lowest BCUT2D eigenvalue weighted by atomic mass is 10.0. The van der Waals surface area contributed by atoms with Crippen molar-refractivity contribution in [3.63, 3.8) is 0 Å². The van der Waals surface area contributed by atoms with E-state index < -0.39 is 0 Å². The van der Waals surface area contributed by atoms with Gasteiger partial charge in [0.2, 0.25) is 0 Å². The van der Waals surface area contributed by atoms with Gasteiger partial charge < -0.3 is 5.32 Å². The molecule has 0 aromatic heterocycles. The normalized spacial score (nSPS) is 32.5. The van der Waals surface area contributed by atoms with Gasteiger partial charge in [-0.2, -0.15) is 0 Å². The lowest BCUT2D eigenvalue weighted by Gasteiger charge is -2.24. The first-order valence-electron chi connectivity index (χ1n) is 8.38. The van der Waals surface area contributed by atoms with Crippen molar-refractivity contribution in [2.45, 2.75) is 63.2 Å². The highest BCUT2D eigenvalue weighted by Crippen LogP contribution is 2.42. The van der Waals surface area contributed by atoms with Gasteiger partial charge in [0.1, 0.15) is 0 Å². The summed E-state index contributed by atoms with van der Waals surface area (Å²) in [4.78, 5) is 2.74. The largest absolute Gasteiger partial charge is 0.306 e. The van der Waals surface area contributed by atoms with Gasteiger partial charge in [-0.15, -0.1) is 0 Å². The minimum absolute atomic E-state index is 0.590. The molecule has 0 radical (unpaired) electrons. The summed E-state index contributed by atoms with van der Waals surface area (Å²) in [5.41, 5.74) is 1.49. The molecule has 2 aliphatic carbocycles. The predicted molar refractivity (Wildman–Crippen MR) is 82.6 cm³/mol. The third-order valence-corrected chi connectivity index (χ3v) is 5.31. The lowest BCUT2D eigenvalue weighted by Crippen LogP contribution is -2.37. The average Bonchev–Trinajstić information content (AvgIpc) is 3.36. The standard InChI is InChI=1S/C18H26N2/c1-13-11-16(12-20(13)17-9-10-17)19-18(15-7-8-15)14-5-3-2-4-6-14/h2-6,13,15-19H,7-12H2,1H3. The fraction of sp³-hybridized carbons (Fsp3) is 0.667. The topological polar surface area (TPSA) is 15.3 Å². The molecule has 20 heavy (non-hydrogen) atoms. The van der Waals surface area contributed by atoms with Crippen LogP contribution < -0.4 is 5.32 Å². The van der Waals surface area contributed by atoms with Gasteiger partial charge in [0.25, 0.3) is 0 Å². The molecule has 0 spiro atoms. The summed E-state index contributed by atoms with van der Waals surface area (Å²) >= 11 is 0. The van der Waals surface area contributed by atoms with E-state index in [1.807, 2.05) is 0 Å². The Morgan fingerprint density at radius 3 is 2.50 bits per heavy atom. The number of likely N-dealkylation sites (tertiary alicyclic amines) is 1. The first-order chi connectivity index (χ1) is 9.81. The van der Waals surface area contributed by atoms with E-state index in [1.54, 1.807) is 0 Å². The highest BCUT2D eigenvalue weighted by Gasteiger charge is 2.41. The van der Waals surface area contributed by atoms with Crippen LogP contribution in [0.15, 0.2) is 30.3 Å². The van der Waals surface area contributed by atoms with E-state index in [2.05, 4.69) is 47.5 Å². The summed E-state index contributed by atoms with van der Waals surface area (Å²) in [7, 11) is 0. The molecular weight excluding hydrogens is 244 g/mol. The van der Waals surface area contributed by atoms with Crippen molar-refractivity contribution in [1.29, 1.82) is 0 Å². The first kappa shape index (κ1) is 12.8. The van der Waals surface area contributed by atoms with Crippen molar-refractivity contribution in [3.8, 4) is 0 Å². The molecular formula is C18H26N2. The first-order valence-corrected chi connectivity index (χ1v) is 8.38. The molecule has 3 atom stereocenters. The van der Waals surface area contributed by atoms with Crippen molar-refractivity contribution in [2.24, 2.45) is 5.92 Å². The fourth-order valence-corrected chi connectivity index (χ4v) is 3.94. The van der Waals surface area contributed by atoms with Crippen LogP contribution in [0.5, 0.6) is 0 Å². The summed E-state index contributed by atoms with van der Waals surface area (Å²) in [6.07, 6.45) is 7.00. The molecule has 1 heterocycles. The average molecular weight is 270 g/mol. The molecule has 4 rings (SSSR count). The Morgan fingerprint density at radius 1 is 1.10 bits per heavy atom. The Hall–Kier alpha value is -0.860. The van der Waals surface area contributed by atoms with Crippen molar-refractivity contribution >= 4 is 0 Å². The van der Waals surface area contributed by atoms with Gasteiger partial charge in [-0.25, -0.2) is 0 Å². The van der Waals surface area contributed by atoms with E-state index in [9.17, 15) is 0 Å². The Morgan fingerprint density at radius 2 is 1.85 bits per heavy atom. The van der Waals surface area contributed by atoms with Gasteiger partial charge in [0.05, 0.1) is 0 Å². The molecule has 1 aromatic rings. The summed E-state index contributed by atoms with van der Waals surface area (Å²) in [6, 6.07) is 14.0. The van der Waals surface area contributed by atoms with Crippen molar-refractivity contribution in [3.05, 3.63) is 35.9 Å². The van der Waals surface area contributed by atoms with E-state index in [0.29, 0.717) is 12.1 Å². The maximum Gasteiger partial charge on any atom is 0.0351 e. The molecule has 2 saturated carbocycles. The molecule has 108 valence electrons. The zero-order chi connectivity index (χ0) is 13.5. The van der Waals surface area contributed by atoms with E-state index >= 15 is 0 Å². The SMILES string of the molecule is CC1CC(NC(c2ccccc2)C2CC2)CN1C1CC1. The molecule has 1 saturated heterocycles. The van der Waals surface area contributed by atoms with Crippen LogP contribution in [0.1, 0.15) is 50.6 Å². The van der Waals surface area contributed by atoms with Crippen LogP contribution in [0.3, 0.4) is 0 Å². The van der Waals surface area contributed by atoms with Crippen LogP contribution in [0.2, 0.25) is 0 Å². The monoisotopic (exact) mass is 270 g/mol. The van der Waals surface area contributed by atoms with Crippen molar-refractivity contribution in [2.75, 3.05) is 6.54 Å². The van der Waals surface area contributed by atoms with E-state index in [-0.39, 0.29) is 0 Å². The minimum atomic E-state index is 0.590. The van der Waals surface area contributed by atoms with Gasteiger partial charge in [-0.05, 0) is 50.5 Å². The number of nitrogens with one attached hydrogen (secondary N) is 1. The highest BCUT2D eigenvalue weighted by atomic mass is 15.3. The third-order valence-electron chi connectivity index (χ3n) is 5.31. The maximum atomic E-state index is 4.00. The van der Waals surface area contributed by atoms with E-state index in [4.69, 9.17) is 0 Å². The van der Waals surface area contributed by atoms with Gasteiger partial charge in [-0.1, -0.05) is 30.3 Å². The number of rotatable bonds is 5. The summed E-state index contributed by atoms with van der Waals surface area (Å²) < 4.78 is 0. The predicted octanol–water partition coefficient (Wildman–Crippen LogP) is 3.35. The molecule has 0 bridgehead atoms. The van der Waals surface area contributed by atoms with Gasteiger partial charge in [0.15, 0.2) is 0 Å². The van der Waals surface area contributed by atoms with Crippen LogP contribution in [0.25, 0.3) is 0 Å². The molecule has 3 aliphatic rings. The van der Waals surface area contributed by atoms with Gasteiger partial charge in [0, 0.05) is 30.7 Å². The number of hydrogen-bond acceptors (Lipinski definition) is 2. The van der Waals surface area contributed by atoms with E-state index in [0.717, 1.165) is 18.0 Å². The number of nitrogens with zero attached hydrogens (tertiary/aromatic N) is 1. The molecule has 3 unspecified atom stereocenters. The second kappa shape index (κ2) is 5.16. The lowest BCUT2D eigenvalue weighted by molar-refractivity contribution is 0.253. The van der Waals surface area contributed by atoms with Crippen molar-refractivity contribution < 1.29 is 0 Å². The number of hydrogen-bond donors (Lipinski definition) is 1.